The molecule has 25 heavy (non-hydrogen) atoms. The molecule has 0 saturated carbocycles. The Balaban J connectivity index is 1.63. The number of hydrogen-bond acceptors (Lipinski definition) is 2. The molecule has 1 heterocycles. The largest absolute Gasteiger partial charge is 0.349 e. The number of carbonyl (C=O) groups excluding carboxylic acids is 2. The highest BCUT2D eigenvalue weighted by Crippen LogP contribution is 2.29. The van der Waals surface area contributed by atoms with Crippen molar-refractivity contribution in [3.05, 3.63) is 71.8 Å². The Morgan fingerprint density at radius 3 is 2.16 bits per heavy atom. The molecule has 3 atom stereocenters. The molecule has 2 amide bonds. The quantitative estimate of drug-likeness (QED) is 0.909. The highest BCUT2D eigenvalue weighted by Gasteiger charge is 2.37. The Hall–Kier alpha value is -2.62. The van der Waals surface area contributed by atoms with Crippen LogP contribution < -0.4 is 5.32 Å². The Kier molecular flexibility index (Phi) is 5.17. The van der Waals surface area contributed by atoms with Crippen LogP contribution in [0, 0.1) is 5.92 Å². The van der Waals surface area contributed by atoms with E-state index in [1.807, 2.05) is 79.4 Å². The lowest BCUT2D eigenvalue weighted by molar-refractivity contribution is -0.130. The van der Waals surface area contributed by atoms with Crippen LogP contribution in [0.4, 0.5) is 0 Å². The Morgan fingerprint density at radius 1 is 1.00 bits per heavy atom. The van der Waals surface area contributed by atoms with Gasteiger partial charge in [0.15, 0.2) is 0 Å². The second-order valence-corrected chi connectivity index (χ2v) is 6.67. The number of rotatable bonds is 5. The Bertz CT molecular complexity index is 730. The molecule has 1 N–H and O–H groups in total. The third-order valence-electron chi connectivity index (χ3n) is 4.94. The van der Waals surface area contributed by atoms with Gasteiger partial charge in [-0.05, 0) is 25.0 Å². The van der Waals surface area contributed by atoms with Crippen LogP contribution >= 0.6 is 0 Å². The first-order valence-electron chi connectivity index (χ1n) is 8.76. The molecule has 4 heteroatoms. The van der Waals surface area contributed by atoms with E-state index in [0.717, 1.165) is 11.1 Å². The van der Waals surface area contributed by atoms with E-state index in [0.29, 0.717) is 6.54 Å². The van der Waals surface area contributed by atoms with Gasteiger partial charge in [-0.15, -0.1) is 0 Å². The fraction of sp³-hybridized carbons (Fsp3) is 0.333. The molecule has 0 spiro atoms. The molecule has 1 aliphatic rings. The van der Waals surface area contributed by atoms with Gasteiger partial charge >= 0.3 is 0 Å². The lowest BCUT2D eigenvalue weighted by atomic mass is 10.0. The predicted octanol–water partition coefficient (Wildman–Crippen LogP) is 3.47. The average Bonchev–Trinajstić information content (AvgIpc) is 3.04. The number of likely N-dealkylation sites (tertiary alicyclic amines) is 1. The fourth-order valence-corrected chi connectivity index (χ4v) is 3.35. The van der Waals surface area contributed by atoms with E-state index in [2.05, 4.69) is 5.32 Å². The molecular weight excluding hydrogens is 312 g/mol. The SMILES string of the molecule is C[C@H](NC(=O)[C@H]1CC(=O)N([C@H](C)c2ccccc2)C1)c1ccccc1. The smallest absolute Gasteiger partial charge is 0.225 e. The monoisotopic (exact) mass is 336 g/mol. The van der Waals surface area contributed by atoms with Crippen molar-refractivity contribution in [3.8, 4) is 0 Å². The summed E-state index contributed by atoms with van der Waals surface area (Å²) in [4.78, 5) is 26.8. The maximum Gasteiger partial charge on any atom is 0.225 e. The van der Waals surface area contributed by atoms with Crippen molar-refractivity contribution in [1.29, 1.82) is 0 Å². The molecular formula is C21H24N2O2. The number of carbonyl (C=O) groups is 2. The van der Waals surface area contributed by atoms with Gasteiger partial charge in [0.1, 0.15) is 0 Å². The summed E-state index contributed by atoms with van der Waals surface area (Å²) in [6.07, 6.45) is 0.282. The maximum atomic E-state index is 12.6. The van der Waals surface area contributed by atoms with Crippen LogP contribution in [-0.2, 0) is 9.59 Å². The van der Waals surface area contributed by atoms with Crippen molar-refractivity contribution in [3.63, 3.8) is 0 Å². The van der Waals surface area contributed by atoms with Crippen LogP contribution in [0.25, 0.3) is 0 Å². The second kappa shape index (κ2) is 7.51. The van der Waals surface area contributed by atoms with E-state index in [1.54, 1.807) is 0 Å². The number of nitrogens with one attached hydrogen (secondary N) is 1. The van der Waals surface area contributed by atoms with Crippen molar-refractivity contribution in [2.45, 2.75) is 32.4 Å². The molecule has 4 nitrogen and oxygen atoms in total. The molecule has 0 unspecified atom stereocenters. The Morgan fingerprint density at radius 2 is 1.56 bits per heavy atom. The average molecular weight is 336 g/mol. The van der Waals surface area contributed by atoms with E-state index in [9.17, 15) is 9.59 Å². The summed E-state index contributed by atoms with van der Waals surface area (Å²) < 4.78 is 0. The third-order valence-corrected chi connectivity index (χ3v) is 4.94. The van der Waals surface area contributed by atoms with Crippen LogP contribution in [0.3, 0.4) is 0 Å². The number of nitrogens with zero attached hydrogens (tertiary/aromatic N) is 1. The fourth-order valence-electron chi connectivity index (χ4n) is 3.35. The van der Waals surface area contributed by atoms with Crippen molar-refractivity contribution >= 4 is 11.8 Å². The predicted molar refractivity (Wildman–Crippen MR) is 97.7 cm³/mol. The van der Waals surface area contributed by atoms with Gasteiger partial charge in [-0.1, -0.05) is 60.7 Å². The molecule has 2 aromatic rings. The lowest BCUT2D eigenvalue weighted by Crippen LogP contribution is -2.35. The normalized spacial score (nSPS) is 19.5. The van der Waals surface area contributed by atoms with Crippen molar-refractivity contribution < 1.29 is 9.59 Å². The van der Waals surface area contributed by atoms with Gasteiger partial charge in [0.25, 0.3) is 0 Å². The van der Waals surface area contributed by atoms with E-state index < -0.39 is 0 Å². The van der Waals surface area contributed by atoms with Gasteiger partial charge in [0.2, 0.25) is 11.8 Å². The van der Waals surface area contributed by atoms with Crippen LogP contribution in [0.15, 0.2) is 60.7 Å². The van der Waals surface area contributed by atoms with E-state index >= 15 is 0 Å². The molecule has 2 aromatic carbocycles. The first-order valence-corrected chi connectivity index (χ1v) is 8.76. The molecule has 0 bridgehead atoms. The molecule has 0 aliphatic carbocycles. The summed E-state index contributed by atoms with van der Waals surface area (Å²) in [7, 11) is 0. The topological polar surface area (TPSA) is 49.4 Å². The highest BCUT2D eigenvalue weighted by molar-refractivity contribution is 5.89. The van der Waals surface area contributed by atoms with Crippen LogP contribution in [0.1, 0.15) is 43.5 Å². The minimum Gasteiger partial charge on any atom is -0.349 e. The Labute approximate surface area is 148 Å². The van der Waals surface area contributed by atoms with Crippen LogP contribution in [-0.4, -0.2) is 23.3 Å². The zero-order valence-corrected chi connectivity index (χ0v) is 14.7. The lowest BCUT2D eigenvalue weighted by Gasteiger charge is -2.25. The summed E-state index contributed by atoms with van der Waals surface area (Å²) in [5.74, 6) is -0.291. The molecule has 1 saturated heterocycles. The van der Waals surface area contributed by atoms with Gasteiger partial charge in [-0.3, -0.25) is 9.59 Å². The zero-order chi connectivity index (χ0) is 17.8. The number of hydrogen-bond donors (Lipinski definition) is 1. The summed E-state index contributed by atoms with van der Waals surface area (Å²) in [6, 6.07) is 19.7. The minimum atomic E-state index is -0.287. The standard InChI is InChI=1S/C21H24N2O2/c1-15(17-9-5-3-6-10-17)22-21(25)19-13-20(24)23(14-19)16(2)18-11-7-4-8-12-18/h3-12,15-16,19H,13-14H2,1-2H3,(H,22,25)/t15-,16+,19-/m0/s1. The van der Waals surface area contributed by atoms with Gasteiger partial charge in [-0.25, -0.2) is 0 Å². The van der Waals surface area contributed by atoms with E-state index in [4.69, 9.17) is 0 Å². The minimum absolute atomic E-state index is 0.0157. The van der Waals surface area contributed by atoms with Gasteiger partial charge in [-0.2, -0.15) is 0 Å². The van der Waals surface area contributed by atoms with Crippen molar-refractivity contribution in [2.75, 3.05) is 6.54 Å². The van der Waals surface area contributed by atoms with Crippen LogP contribution in [0.5, 0.6) is 0 Å². The highest BCUT2D eigenvalue weighted by atomic mass is 16.2. The first kappa shape index (κ1) is 17.2. The van der Waals surface area contributed by atoms with Crippen LogP contribution in [0.2, 0.25) is 0 Å². The van der Waals surface area contributed by atoms with Gasteiger partial charge < -0.3 is 10.2 Å². The third kappa shape index (κ3) is 3.90. The zero-order valence-electron chi connectivity index (χ0n) is 14.7. The number of amides is 2. The van der Waals surface area contributed by atoms with E-state index in [-0.39, 0.29) is 36.2 Å². The molecule has 0 radical (unpaired) electrons. The maximum absolute atomic E-state index is 12.6. The van der Waals surface area contributed by atoms with E-state index in [1.165, 1.54) is 0 Å². The molecule has 130 valence electrons. The van der Waals surface area contributed by atoms with Crippen molar-refractivity contribution in [2.24, 2.45) is 5.92 Å². The molecule has 1 aliphatic heterocycles. The molecule has 0 aromatic heterocycles. The summed E-state index contributed by atoms with van der Waals surface area (Å²) in [5, 5.41) is 3.04. The number of benzene rings is 2. The van der Waals surface area contributed by atoms with Crippen molar-refractivity contribution in [1.82, 2.24) is 10.2 Å². The molecule has 3 rings (SSSR count). The summed E-state index contributed by atoms with van der Waals surface area (Å²) in [5.41, 5.74) is 2.16. The summed E-state index contributed by atoms with van der Waals surface area (Å²) in [6.45, 7) is 4.46. The second-order valence-electron chi connectivity index (χ2n) is 6.67. The molecule has 1 fully saturated rings. The van der Waals surface area contributed by atoms with Gasteiger partial charge in [0, 0.05) is 13.0 Å². The van der Waals surface area contributed by atoms with Gasteiger partial charge in [0.05, 0.1) is 18.0 Å². The summed E-state index contributed by atoms with van der Waals surface area (Å²) >= 11 is 0. The first-order chi connectivity index (χ1) is 12.1.